The molecule has 0 saturated heterocycles. The number of ether oxygens (including phenoxy) is 2. The summed E-state index contributed by atoms with van der Waals surface area (Å²) in [5.41, 5.74) is 0. The van der Waals surface area contributed by atoms with Gasteiger partial charge in [-0.1, -0.05) is 304 Å². The van der Waals surface area contributed by atoms with Gasteiger partial charge in [0.25, 0.3) is 0 Å². The summed E-state index contributed by atoms with van der Waals surface area (Å²) in [7, 11) is 0. The Balaban J connectivity index is 3.62. The van der Waals surface area contributed by atoms with Gasteiger partial charge in [-0.2, -0.15) is 0 Å². The maximum Gasteiger partial charge on any atom is 0.306 e. The Hall–Kier alpha value is -5.52. The van der Waals surface area contributed by atoms with Crippen LogP contribution in [0.3, 0.4) is 0 Å². The third kappa shape index (κ3) is 69.0. The van der Waals surface area contributed by atoms with E-state index in [0.29, 0.717) is 12.8 Å². The predicted octanol–water partition coefficient (Wildman–Crippen LogP) is 23.8. The Labute approximate surface area is 517 Å². The molecule has 0 aliphatic rings. The van der Waals surface area contributed by atoms with E-state index in [0.717, 1.165) is 161 Å². The molecule has 1 atom stereocenters. The highest BCUT2D eigenvalue weighted by atomic mass is 16.6. The van der Waals surface area contributed by atoms with E-state index in [1.54, 1.807) is 0 Å². The molecule has 0 aromatic carbocycles. The van der Waals surface area contributed by atoms with Crippen molar-refractivity contribution in [2.45, 2.75) is 264 Å². The molecule has 0 amide bonds. The Bertz CT molecular complexity index is 1980. The smallest absolute Gasteiger partial charge is 0.306 e. The molecule has 0 fully saturated rings. The molecule has 0 radical (unpaired) electrons. The number of carbonyl (C=O) groups excluding carboxylic acids is 2. The van der Waals surface area contributed by atoms with E-state index in [4.69, 9.17) is 9.47 Å². The van der Waals surface area contributed by atoms with Crippen LogP contribution in [0.15, 0.2) is 207 Å². The van der Waals surface area contributed by atoms with Crippen LogP contribution in [0.25, 0.3) is 0 Å². The van der Waals surface area contributed by atoms with Crippen molar-refractivity contribution >= 4 is 11.9 Å². The van der Waals surface area contributed by atoms with Crippen LogP contribution in [0.5, 0.6) is 0 Å². The Kier molecular flexibility index (Phi) is 67.0. The highest BCUT2D eigenvalue weighted by Crippen LogP contribution is 2.14. The molecular weight excluding hydrogens is 1030 g/mol. The van der Waals surface area contributed by atoms with Crippen molar-refractivity contribution in [1.29, 1.82) is 0 Å². The molecule has 0 bridgehead atoms. The summed E-state index contributed by atoms with van der Waals surface area (Å²) in [6.45, 7) is 3.89. The average molecular weight is 1150 g/mol. The molecule has 0 aliphatic carbocycles. The van der Waals surface area contributed by atoms with Crippen molar-refractivity contribution in [3.05, 3.63) is 207 Å². The lowest BCUT2D eigenvalue weighted by molar-refractivity contribution is -0.161. The third-order valence-corrected chi connectivity index (χ3v) is 13.6. The molecule has 84 heavy (non-hydrogen) atoms. The minimum atomic E-state index is -0.797. The quantitative estimate of drug-likeness (QED) is 0.0373. The van der Waals surface area contributed by atoms with Crippen molar-refractivity contribution in [3.8, 4) is 0 Å². The average Bonchev–Trinajstić information content (AvgIpc) is 3.51. The van der Waals surface area contributed by atoms with Gasteiger partial charge in [-0.3, -0.25) is 9.59 Å². The van der Waals surface area contributed by atoms with Gasteiger partial charge in [0.2, 0.25) is 0 Å². The van der Waals surface area contributed by atoms with E-state index in [1.165, 1.54) is 70.6 Å². The third-order valence-electron chi connectivity index (χ3n) is 13.6. The lowest BCUT2D eigenvalue weighted by Crippen LogP contribution is -2.28. The SMILES string of the molecule is CC/C=C\C/C=C\C/C=C\C/C=C\C/C=C\C/C=C\C/C=C\C/C=C\C/C=C\C/C=C\CCCCCCCCCCC(=O)OC(CO)COC(=O)CCCCCCCCCCC/C=C\C/C=C\C/C=C\C/C=C\C/C=C\C/C=C\C/C=C\CC. The minimum Gasteiger partial charge on any atom is -0.462 e. The second kappa shape index (κ2) is 71.7. The number of carbonyl (C=O) groups is 2. The van der Waals surface area contributed by atoms with Gasteiger partial charge in [0.05, 0.1) is 6.61 Å². The van der Waals surface area contributed by atoms with E-state index in [1.807, 2.05) is 0 Å². The largest absolute Gasteiger partial charge is 0.462 e. The molecule has 0 rings (SSSR count). The topological polar surface area (TPSA) is 72.8 Å². The molecule has 0 aromatic heterocycles. The number of aliphatic hydroxyl groups excluding tert-OH is 1. The number of hydrogen-bond donors (Lipinski definition) is 1. The van der Waals surface area contributed by atoms with Crippen LogP contribution >= 0.6 is 0 Å². The highest BCUT2D eigenvalue weighted by molar-refractivity contribution is 5.70. The fourth-order valence-electron chi connectivity index (χ4n) is 8.62. The molecule has 0 spiro atoms. The molecule has 0 saturated carbocycles. The van der Waals surface area contributed by atoms with Crippen molar-refractivity contribution in [2.24, 2.45) is 0 Å². The second-order valence-electron chi connectivity index (χ2n) is 21.4. The molecule has 0 aromatic rings. The van der Waals surface area contributed by atoms with Crippen molar-refractivity contribution < 1.29 is 24.2 Å². The highest BCUT2D eigenvalue weighted by Gasteiger charge is 2.16. The van der Waals surface area contributed by atoms with Gasteiger partial charge in [0.1, 0.15) is 6.61 Å². The first kappa shape index (κ1) is 78.5. The number of esters is 2. The number of unbranched alkanes of at least 4 members (excludes halogenated alkanes) is 17. The molecule has 0 aliphatic heterocycles. The van der Waals surface area contributed by atoms with Crippen LogP contribution in [0, 0.1) is 0 Å². The summed E-state index contributed by atoms with van der Waals surface area (Å²) >= 11 is 0. The second-order valence-corrected chi connectivity index (χ2v) is 21.4. The fraction of sp³-hybridized carbons (Fsp3) is 0.544. The van der Waals surface area contributed by atoms with E-state index in [9.17, 15) is 14.7 Å². The van der Waals surface area contributed by atoms with Crippen LogP contribution in [0.2, 0.25) is 0 Å². The Morgan fingerprint density at radius 1 is 0.274 bits per heavy atom. The summed E-state index contributed by atoms with van der Waals surface area (Å²) in [5.74, 6) is -0.620. The number of allylic oxidation sites excluding steroid dienone is 34. The van der Waals surface area contributed by atoms with Gasteiger partial charge in [0.15, 0.2) is 6.10 Å². The fourth-order valence-corrected chi connectivity index (χ4v) is 8.62. The lowest BCUT2D eigenvalue weighted by Gasteiger charge is -2.15. The first-order valence-corrected chi connectivity index (χ1v) is 33.6. The van der Waals surface area contributed by atoms with Gasteiger partial charge in [-0.25, -0.2) is 0 Å². The van der Waals surface area contributed by atoms with Crippen LogP contribution in [-0.4, -0.2) is 36.4 Å². The van der Waals surface area contributed by atoms with Gasteiger partial charge in [0, 0.05) is 12.8 Å². The monoisotopic (exact) mass is 1150 g/mol. The molecule has 468 valence electrons. The molecule has 5 heteroatoms. The van der Waals surface area contributed by atoms with Crippen molar-refractivity contribution in [2.75, 3.05) is 13.2 Å². The molecule has 1 N–H and O–H groups in total. The Morgan fingerprint density at radius 3 is 0.714 bits per heavy atom. The van der Waals surface area contributed by atoms with Crippen molar-refractivity contribution in [3.63, 3.8) is 0 Å². The van der Waals surface area contributed by atoms with E-state index in [2.05, 4.69) is 220 Å². The molecule has 0 heterocycles. The predicted molar refractivity (Wildman–Crippen MR) is 370 cm³/mol. The zero-order valence-electron chi connectivity index (χ0n) is 53.6. The zero-order valence-corrected chi connectivity index (χ0v) is 53.6. The first-order valence-electron chi connectivity index (χ1n) is 33.6. The van der Waals surface area contributed by atoms with Gasteiger partial charge in [-0.05, 0) is 148 Å². The summed E-state index contributed by atoms with van der Waals surface area (Å²) < 4.78 is 10.7. The van der Waals surface area contributed by atoms with Gasteiger partial charge < -0.3 is 14.6 Å². The summed E-state index contributed by atoms with van der Waals surface area (Å²) in [4.78, 5) is 24.6. The summed E-state index contributed by atoms with van der Waals surface area (Å²) in [6.07, 6.45) is 115. The van der Waals surface area contributed by atoms with E-state index in [-0.39, 0.29) is 25.2 Å². The minimum absolute atomic E-state index is 0.0855. The van der Waals surface area contributed by atoms with Crippen LogP contribution in [0.1, 0.15) is 258 Å². The van der Waals surface area contributed by atoms with E-state index >= 15 is 0 Å². The van der Waals surface area contributed by atoms with Gasteiger partial charge in [-0.15, -0.1) is 0 Å². The van der Waals surface area contributed by atoms with E-state index < -0.39 is 6.10 Å². The maximum atomic E-state index is 12.4. The molecular formula is C79H122O5. The summed E-state index contributed by atoms with van der Waals surface area (Å²) in [5, 5.41) is 9.70. The van der Waals surface area contributed by atoms with Gasteiger partial charge >= 0.3 is 11.9 Å². The standard InChI is InChI=1S/C79H122O5/c1-3-5-7-9-11-13-15-17-19-21-23-25-27-29-31-33-35-36-37-38-39-40-41-42-44-46-48-50-52-54-56-58-60-62-64-66-68-70-72-74-79(82)84-77(75-80)76-83-78(81)73-71-69-67-65-63-61-59-57-55-53-51-49-47-45-43-34-32-30-28-26-24-22-20-18-16-14-12-10-8-6-4-2/h5-8,11-14,17-20,23-26,29-32,35-36,38-39,41-43,45-46,48-49,51-52,54,77,80H,3-4,9-10,15-16,21-22,27-28,33-34,37,40,44,47,50,53,55-76H2,1-2H3/b7-5-,8-6-,13-11-,14-12-,19-17-,20-18-,25-23-,26-24-,31-29-,32-30-,36-35-,39-38-,42-41-,45-43-,48-46-,51-49-,54-52-. The van der Waals surface area contributed by atoms with Crippen LogP contribution < -0.4 is 0 Å². The summed E-state index contributed by atoms with van der Waals surface area (Å²) in [6, 6.07) is 0. The molecule has 1 unspecified atom stereocenters. The van der Waals surface area contributed by atoms with Crippen LogP contribution in [-0.2, 0) is 19.1 Å². The normalized spacial score (nSPS) is 13.6. The molecule has 5 nitrogen and oxygen atoms in total. The number of hydrogen-bond acceptors (Lipinski definition) is 5. The lowest BCUT2D eigenvalue weighted by atomic mass is 10.1. The van der Waals surface area contributed by atoms with Crippen LogP contribution in [0.4, 0.5) is 0 Å². The first-order chi connectivity index (χ1) is 41.6. The Morgan fingerprint density at radius 2 is 0.476 bits per heavy atom. The zero-order chi connectivity index (χ0) is 60.5. The number of aliphatic hydroxyl groups is 1. The number of rotatable bonds is 59. The maximum absolute atomic E-state index is 12.4. The van der Waals surface area contributed by atoms with Crippen molar-refractivity contribution in [1.82, 2.24) is 0 Å².